The zero-order valence-corrected chi connectivity index (χ0v) is 10.9. The first-order valence-corrected chi connectivity index (χ1v) is 6.38. The van der Waals surface area contributed by atoms with Crippen LogP contribution >= 0.6 is 0 Å². The average molecular weight is 262 g/mol. The predicted octanol–water partition coefficient (Wildman–Crippen LogP) is 0.999. The van der Waals surface area contributed by atoms with Gasteiger partial charge in [-0.15, -0.1) is 0 Å². The van der Waals surface area contributed by atoms with Gasteiger partial charge in [-0.05, 0) is 25.1 Å². The van der Waals surface area contributed by atoms with Crippen LogP contribution in [0.4, 0.5) is 21.9 Å². The minimum Gasteiger partial charge on any atom is -0.397 e. The molecule has 0 aromatic heterocycles. The van der Waals surface area contributed by atoms with Crippen molar-refractivity contribution in [2.45, 2.75) is 12.5 Å². The number of anilines is 3. The van der Waals surface area contributed by atoms with Gasteiger partial charge < -0.3 is 21.1 Å². The van der Waals surface area contributed by atoms with Crippen LogP contribution in [0.3, 0.4) is 0 Å². The second-order valence-corrected chi connectivity index (χ2v) is 5.33. The third kappa shape index (κ3) is 2.19. The van der Waals surface area contributed by atoms with Crippen LogP contribution in [0.25, 0.3) is 0 Å². The van der Waals surface area contributed by atoms with E-state index in [1.165, 1.54) is 0 Å². The Morgan fingerprint density at radius 2 is 2.26 bits per heavy atom. The van der Waals surface area contributed by atoms with Crippen molar-refractivity contribution in [2.24, 2.45) is 0 Å². The van der Waals surface area contributed by atoms with E-state index in [1.807, 2.05) is 18.2 Å². The second kappa shape index (κ2) is 4.31. The predicted molar refractivity (Wildman–Crippen MR) is 74.4 cm³/mol. The second-order valence-electron chi connectivity index (χ2n) is 5.33. The Labute approximate surface area is 111 Å². The van der Waals surface area contributed by atoms with E-state index in [-0.39, 0.29) is 11.6 Å². The molecule has 0 saturated carbocycles. The molecule has 6 nitrogen and oxygen atoms in total. The van der Waals surface area contributed by atoms with Crippen LogP contribution in [0.15, 0.2) is 18.2 Å². The SMILES string of the molecule is CC1(Nc2ccc(N3CCNC3=O)cc2N)COC1. The van der Waals surface area contributed by atoms with E-state index in [2.05, 4.69) is 17.6 Å². The largest absolute Gasteiger partial charge is 0.397 e. The highest BCUT2D eigenvalue weighted by atomic mass is 16.5. The molecule has 6 heteroatoms. The number of amides is 2. The minimum absolute atomic E-state index is 0.0410. The van der Waals surface area contributed by atoms with Gasteiger partial charge in [-0.25, -0.2) is 4.79 Å². The van der Waals surface area contributed by atoms with Gasteiger partial charge in [0.05, 0.1) is 30.1 Å². The maximum Gasteiger partial charge on any atom is 0.321 e. The van der Waals surface area contributed by atoms with Crippen molar-refractivity contribution < 1.29 is 9.53 Å². The van der Waals surface area contributed by atoms with E-state index in [9.17, 15) is 4.79 Å². The number of hydrogen-bond acceptors (Lipinski definition) is 4. The van der Waals surface area contributed by atoms with Gasteiger partial charge in [0.25, 0.3) is 0 Å². The van der Waals surface area contributed by atoms with Gasteiger partial charge in [-0.3, -0.25) is 4.90 Å². The Morgan fingerprint density at radius 3 is 2.79 bits per heavy atom. The molecule has 0 atom stereocenters. The summed E-state index contributed by atoms with van der Waals surface area (Å²) in [4.78, 5) is 13.3. The van der Waals surface area contributed by atoms with Crippen molar-refractivity contribution in [1.82, 2.24) is 5.32 Å². The number of nitrogens with two attached hydrogens (primary N) is 1. The van der Waals surface area contributed by atoms with Crippen molar-refractivity contribution in [3.63, 3.8) is 0 Å². The van der Waals surface area contributed by atoms with Crippen LogP contribution in [0, 0.1) is 0 Å². The quantitative estimate of drug-likeness (QED) is 0.710. The molecule has 2 amide bonds. The highest BCUT2D eigenvalue weighted by Crippen LogP contribution is 2.30. The third-order valence-corrected chi connectivity index (χ3v) is 3.48. The van der Waals surface area contributed by atoms with Gasteiger partial charge in [-0.1, -0.05) is 0 Å². The van der Waals surface area contributed by atoms with E-state index in [4.69, 9.17) is 10.5 Å². The number of nitrogens with one attached hydrogen (secondary N) is 2. The fourth-order valence-electron chi connectivity index (χ4n) is 2.36. The van der Waals surface area contributed by atoms with E-state index in [1.54, 1.807) is 4.90 Å². The zero-order chi connectivity index (χ0) is 13.5. The normalized spacial score (nSPS) is 20.9. The summed E-state index contributed by atoms with van der Waals surface area (Å²) in [5, 5.41) is 6.16. The van der Waals surface area contributed by atoms with Gasteiger partial charge in [-0.2, -0.15) is 0 Å². The van der Waals surface area contributed by atoms with Gasteiger partial charge in [0, 0.05) is 18.8 Å². The molecule has 0 aliphatic carbocycles. The Hall–Kier alpha value is -1.95. The molecule has 1 aromatic carbocycles. The maximum atomic E-state index is 11.6. The Balaban J connectivity index is 1.79. The summed E-state index contributed by atoms with van der Waals surface area (Å²) in [6, 6.07) is 5.59. The molecule has 2 heterocycles. The van der Waals surface area contributed by atoms with Crippen LogP contribution in [-0.4, -0.2) is 37.9 Å². The molecule has 2 aliphatic heterocycles. The van der Waals surface area contributed by atoms with E-state index in [0.717, 1.165) is 11.4 Å². The van der Waals surface area contributed by atoms with Gasteiger partial charge in [0.2, 0.25) is 0 Å². The van der Waals surface area contributed by atoms with Crippen LogP contribution in [0.1, 0.15) is 6.92 Å². The average Bonchev–Trinajstić information content (AvgIpc) is 2.76. The molecule has 0 bridgehead atoms. The highest BCUT2D eigenvalue weighted by Gasteiger charge is 2.33. The monoisotopic (exact) mass is 262 g/mol. The molecule has 2 fully saturated rings. The smallest absolute Gasteiger partial charge is 0.321 e. The first-order chi connectivity index (χ1) is 9.07. The molecule has 102 valence electrons. The number of ether oxygens (including phenoxy) is 1. The first-order valence-electron chi connectivity index (χ1n) is 6.38. The number of nitrogen functional groups attached to an aromatic ring is 1. The van der Waals surface area contributed by atoms with Crippen molar-refractivity contribution in [1.29, 1.82) is 0 Å². The number of rotatable bonds is 3. The lowest BCUT2D eigenvalue weighted by Gasteiger charge is -2.40. The fourth-order valence-corrected chi connectivity index (χ4v) is 2.36. The molecular formula is C13H18N4O2. The topological polar surface area (TPSA) is 79.6 Å². The molecule has 4 N–H and O–H groups in total. The fraction of sp³-hybridized carbons (Fsp3) is 0.462. The lowest BCUT2D eigenvalue weighted by Crippen LogP contribution is -2.53. The summed E-state index contributed by atoms with van der Waals surface area (Å²) < 4.78 is 5.20. The van der Waals surface area contributed by atoms with E-state index in [0.29, 0.717) is 32.0 Å². The lowest BCUT2D eigenvalue weighted by atomic mass is 10.00. The first kappa shape index (κ1) is 12.1. The minimum atomic E-state index is -0.0699. The number of carbonyl (C=O) groups is 1. The molecule has 1 aromatic rings. The van der Waals surface area contributed by atoms with Crippen molar-refractivity contribution in [2.75, 3.05) is 42.3 Å². The number of hydrogen-bond donors (Lipinski definition) is 3. The molecule has 0 spiro atoms. The molecule has 3 rings (SSSR count). The van der Waals surface area contributed by atoms with Gasteiger partial charge >= 0.3 is 6.03 Å². The molecular weight excluding hydrogens is 244 g/mol. The van der Waals surface area contributed by atoms with Gasteiger partial charge in [0.1, 0.15) is 0 Å². The molecule has 19 heavy (non-hydrogen) atoms. The summed E-state index contributed by atoms with van der Waals surface area (Å²) in [5.41, 5.74) is 8.37. The number of carbonyl (C=O) groups excluding carboxylic acids is 1. The van der Waals surface area contributed by atoms with Crippen molar-refractivity contribution >= 4 is 23.1 Å². The van der Waals surface area contributed by atoms with Crippen LogP contribution in [0.5, 0.6) is 0 Å². The summed E-state index contributed by atoms with van der Waals surface area (Å²) >= 11 is 0. The molecule has 0 unspecified atom stereocenters. The molecule has 2 saturated heterocycles. The summed E-state index contributed by atoms with van der Waals surface area (Å²) in [6.07, 6.45) is 0. The van der Waals surface area contributed by atoms with Crippen LogP contribution < -0.4 is 21.3 Å². The summed E-state index contributed by atoms with van der Waals surface area (Å²) in [7, 11) is 0. The standard InChI is InChI=1S/C13H18N4O2/c1-13(7-19-8-13)16-11-3-2-9(6-10(11)14)17-5-4-15-12(17)18/h2-3,6,16H,4-5,7-8,14H2,1H3,(H,15,18). The number of nitrogens with zero attached hydrogens (tertiary/aromatic N) is 1. The van der Waals surface area contributed by atoms with Crippen LogP contribution in [0.2, 0.25) is 0 Å². The van der Waals surface area contributed by atoms with Crippen LogP contribution in [-0.2, 0) is 4.74 Å². The highest BCUT2D eigenvalue weighted by molar-refractivity contribution is 5.95. The lowest BCUT2D eigenvalue weighted by molar-refractivity contribution is -0.0317. The van der Waals surface area contributed by atoms with E-state index >= 15 is 0 Å². The van der Waals surface area contributed by atoms with Gasteiger partial charge in [0.15, 0.2) is 0 Å². The molecule has 0 radical (unpaired) electrons. The number of benzene rings is 1. The Bertz CT molecular complexity index is 513. The van der Waals surface area contributed by atoms with E-state index < -0.39 is 0 Å². The molecule has 2 aliphatic rings. The summed E-state index contributed by atoms with van der Waals surface area (Å²) in [5.74, 6) is 0. The maximum absolute atomic E-state index is 11.6. The zero-order valence-electron chi connectivity index (χ0n) is 10.9. The Kier molecular flexibility index (Phi) is 2.74. The van der Waals surface area contributed by atoms with Crippen molar-refractivity contribution in [3.8, 4) is 0 Å². The third-order valence-electron chi connectivity index (χ3n) is 3.48. The van der Waals surface area contributed by atoms with Crippen molar-refractivity contribution in [3.05, 3.63) is 18.2 Å². The number of urea groups is 1. The summed E-state index contributed by atoms with van der Waals surface area (Å²) in [6.45, 7) is 4.81. The Morgan fingerprint density at radius 1 is 1.47 bits per heavy atom.